The number of rotatable bonds is 2. The molecule has 1 N–H and O–H groups in total. The lowest BCUT2D eigenvalue weighted by atomic mass is 9.64. The van der Waals surface area contributed by atoms with E-state index in [2.05, 4.69) is 35.6 Å². The first kappa shape index (κ1) is 16.5. The molecule has 1 aromatic rings. The summed E-state index contributed by atoms with van der Waals surface area (Å²) in [6, 6.07) is 10.8. The SMILES string of the molecule is CC(C)(C)OC(=O)C1CNCC12CCC(c1ccccc1)CC2. The maximum Gasteiger partial charge on any atom is 0.311 e. The molecule has 1 unspecified atom stereocenters. The van der Waals surface area contributed by atoms with Crippen LogP contribution in [0.1, 0.15) is 57.9 Å². The molecule has 2 aliphatic rings. The van der Waals surface area contributed by atoms with Gasteiger partial charge in [-0.05, 0) is 63.4 Å². The van der Waals surface area contributed by atoms with Gasteiger partial charge in [-0.25, -0.2) is 0 Å². The highest BCUT2D eigenvalue weighted by molar-refractivity contribution is 5.74. The number of carbonyl (C=O) groups excluding carboxylic acids is 1. The van der Waals surface area contributed by atoms with Gasteiger partial charge in [-0.15, -0.1) is 0 Å². The summed E-state index contributed by atoms with van der Waals surface area (Å²) in [6.45, 7) is 7.58. The molecule has 1 spiro atoms. The van der Waals surface area contributed by atoms with E-state index in [1.54, 1.807) is 0 Å². The first-order chi connectivity index (χ1) is 10.9. The Balaban J connectivity index is 1.67. The minimum absolute atomic E-state index is 0.0125. The van der Waals surface area contributed by atoms with Gasteiger partial charge in [0.05, 0.1) is 5.92 Å². The molecule has 1 aromatic carbocycles. The molecule has 1 aliphatic heterocycles. The lowest BCUT2D eigenvalue weighted by Crippen LogP contribution is -2.41. The number of benzene rings is 1. The smallest absolute Gasteiger partial charge is 0.311 e. The molecule has 1 saturated carbocycles. The van der Waals surface area contributed by atoms with E-state index in [1.807, 2.05) is 20.8 Å². The van der Waals surface area contributed by atoms with E-state index in [1.165, 1.54) is 18.4 Å². The minimum atomic E-state index is -0.401. The normalized spacial score (nSPS) is 31.3. The Kier molecular flexibility index (Phi) is 4.50. The topological polar surface area (TPSA) is 38.3 Å². The summed E-state index contributed by atoms with van der Waals surface area (Å²) in [7, 11) is 0. The molecule has 0 radical (unpaired) electrons. The van der Waals surface area contributed by atoms with Crippen LogP contribution in [0.3, 0.4) is 0 Å². The van der Waals surface area contributed by atoms with Crippen LogP contribution in [0.5, 0.6) is 0 Å². The summed E-state index contributed by atoms with van der Waals surface area (Å²) in [5, 5.41) is 3.45. The van der Waals surface area contributed by atoms with Gasteiger partial charge in [-0.2, -0.15) is 0 Å². The van der Waals surface area contributed by atoms with E-state index >= 15 is 0 Å². The lowest BCUT2D eigenvalue weighted by Gasteiger charge is -2.40. The Hall–Kier alpha value is -1.35. The molecule has 3 nitrogen and oxygen atoms in total. The molecule has 2 fully saturated rings. The van der Waals surface area contributed by atoms with Crippen LogP contribution in [0.15, 0.2) is 30.3 Å². The van der Waals surface area contributed by atoms with E-state index < -0.39 is 5.60 Å². The molecule has 1 aliphatic carbocycles. The monoisotopic (exact) mass is 315 g/mol. The van der Waals surface area contributed by atoms with Crippen LogP contribution in [0.2, 0.25) is 0 Å². The van der Waals surface area contributed by atoms with Crippen molar-refractivity contribution in [3.05, 3.63) is 35.9 Å². The van der Waals surface area contributed by atoms with Crippen LogP contribution >= 0.6 is 0 Å². The van der Waals surface area contributed by atoms with Gasteiger partial charge in [0.15, 0.2) is 0 Å². The standard InChI is InChI=1S/C20H29NO2/c1-19(2,3)23-18(22)17-13-21-14-20(17)11-9-16(10-12-20)15-7-5-4-6-8-15/h4-8,16-17,21H,9-14H2,1-3H3. The number of hydrogen-bond acceptors (Lipinski definition) is 3. The van der Waals surface area contributed by atoms with Crippen LogP contribution in [0.25, 0.3) is 0 Å². The average molecular weight is 315 g/mol. The molecule has 0 amide bonds. The van der Waals surface area contributed by atoms with Crippen molar-refractivity contribution >= 4 is 5.97 Å². The third-order valence-electron chi connectivity index (χ3n) is 5.51. The number of ether oxygens (including phenoxy) is 1. The van der Waals surface area contributed by atoms with Crippen molar-refractivity contribution in [2.75, 3.05) is 13.1 Å². The molecule has 0 bridgehead atoms. The molecular formula is C20H29NO2. The first-order valence-electron chi connectivity index (χ1n) is 8.88. The number of carbonyl (C=O) groups is 1. The highest BCUT2D eigenvalue weighted by atomic mass is 16.6. The molecule has 3 rings (SSSR count). The zero-order valence-corrected chi connectivity index (χ0v) is 14.6. The molecule has 3 heteroatoms. The van der Waals surface area contributed by atoms with Crippen molar-refractivity contribution in [2.45, 2.75) is 58.0 Å². The van der Waals surface area contributed by atoms with Gasteiger partial charge < -0.3 is 10.1 Å². The highest BCUT2D eigenvalue weighted by Gasteiger charge is 2.49. The molecular weight excluding hydrogens is 286 g/mol. The molecule has 1 heterocycles. The fourth-order valence-electron chi connectivity index (χ4n) is 4.29. The molecule has 1 saturated heterocycles. The van der Waals surface area contributed by atoms with E-state index in [-0.39, 0.29) is 17.3 Å². The van der Waals surface area contributed by atoms with Gasteiger partial charge in [0.2, 0.25) is 0 Å². The van der Waals surface area contributed by atoms with Crippen LogP contribution < -0.4 is 5.32 Å². The summed E-state index contributed by atoms with van der Waals surface area (Å²) in [4.78, 5) is 12.6. The number of hydrogen-bond donors (Lipinski definition) is 1. The zero-order chi connectivity index (χ0) is 16.5. The summed E-state index contributed by atoms with van der Waals surface area (Å²) in [6.07, 6.45) is 4.57. The van der Waals surface area contributed by atoms with Gasteiger partial charge in [-0.3, -0.25) is 4.79 Å². The van der Waals surface area contributed by atoms with Crippen molar-refractivity contribution in [2.24, 2.45) is 11.3 Å². The molecule has 1 atom stereocenters. The Morgan fingerprint density at radius 3 is 2.43 bits per heavy atom. The number of esters is 1. The van der Waals surface area contributed by atoms with Gasteiger partial charge in [0.1, 0.15) is 5.60 Å². The summed E-state index contributed by atoms with van der Waals surface area (Å²) in [5.74, 6) is 0.640. The Bertz CT molecular complexity index is 539. The van der Waals surface area contributed by atoms with E-state index in [4.69, 9.17) is 4.74 Å². The maximum absolute atomic E-state index is 12.6. The van der Waals surface area contributed by atoms with Gasteiger partial charge in [0, 0.05) is 13.1 Å². The average Bonchev–Trinajstić information content (AvgIpc) is 2.91. The first-order valence-corrected chi connectivity index (χ1v) is 8.88. The highest BCUT2D eigenvalue weighted by Crippen LogP contribution is 2.49. The van der Waals surface area contributed by atoms with Crippen molar-refractivity contribution in [3.63, 3.8) is 0 Å². The third-order valence-corrected chi connectivity index (χ3v) is 5.51. The second-order valence-corrected chi connectivity index (χ2v) is 8.26. The van der Waals surface area contributed by atoms with Crippen LogP contribution in [-0.4, -0.2) is 24.7 Å². The van der Waals surface area contributed by atoms with Crippen LogP contribution in [0.4, 0.5) is 0 Å². The summed E-state index contributed by atoms with van der Waals surface area (Å²) in [5.41, 5.74) is 1.15. The van der Waals surface area contributed by atoms with Gasteiger partial charge in [0.25, 0.3) is 0 Å². The predicted octanol–water partition coefficient (Wildman–Crippen LogP) is 3.89. The summed E-state index contributed by atoms with van der Waals surface area (Å²) >= 11 is 0. The van der Waals surface area contributed by atoms with Crippen molar-refractivity contribution in [1.29, 1.82) is 0 Å². The Morgan fingerprint density at radius 1 is 1.17 bits per heavy atom. The van der Waals surface area contributed by atoms with Crippen molar-refractivity contribution < 1.29 is 9.53 Å². The van der Waals surface area contributed by atoms with E-state index in [0.717, 1.165) is 25.9 Å². The maximum atomic E-state index is 12.6. The van der Waals surface area contributed by atoms with E-state index in [9.17, 15) is 4.79 Å². The van der Waals surface area contributed by atoms with E-state index in [0.29, 0.717) is 5.92 Å². The Labute approximate surface area is 139 Å². The molecule has 0 aromatic heterocycles. The second kappa shape index (κ2) is 6.27. The van der Waals surface area contributed by atoms with Crippen LogP contribution in [0, 0.1) is 11.3 Å². The minimum Gasteiger partial charge on any atom is -0.460 e. The largest absolute Gasteiger partial charge is 0.460 e. The van der Waals surface area contributed by atoms with Gasteiger partial charge in [-0.1, -0.05) is 30.3 Å². The van der Waals surface area contributed by atoms with Gasteiger partial charge >= 0.3 is 5.97 Å². The zero-order valence-electron chi connectivity index (χ0n) is 14.6. The molecule has 126 valence electrons. The van der Waals surface area contributed by atoms with Crippen molar-refractivity contribution in [3.8, 4) is 0 Å². The van der Waals surface area contributed by atoms with Crippen LogP contribution in [-0.2, 0) is 9.53 Å². The number of nitrogens with one attached hydrogen (secondary N) is 1. The summed E-state index contributed by atoms with van der Waals surface area (Å²) < 4.78 is 5.68. The fourth-order valence-corrected chi connectivity index (χ4v) is 4.29. The second-order valence-electron chi connectivity index (χ2n) is 8.26. The molecule has 23 heavy (non-hydrogen) atoms. The predicted molar refractivity (Wildman–Crippen MR) is 92.3 cm³/mol. The third kappa shape index (κ3) is 3.60. The fraction of sp³-hybridized carbons (Fsp3) is 0.650. The lowest BCUT2D eigenvalue weighted by molar-refractivity contribution is -0.164. The quantitative estimate of drug-likeness (QED) is 0.841. The Morgan fingerprint density at radius 2 is 1.83 bits per heavy atom. The van der Waals surface area contributed by atoms with Crippen molar-refractivity contribution in [1.82, 2.24) is 5.32 Å².